The number of rotatable bonds is 2. The summed E-state index contributed by atoms with van der Waals surface area (Å²) in [4.78, 5) is 24.2. The third-order valence-electron chi connectivity index (χ3n) is 4.50. The van der Waals surface area contributed by atoms with Crippen molar-refractivity contribution in [3.63, 3.8) is 0 Å². The van der Waals surface area contributed by atoms with Gasteiger partial charge in [-0.2, -0.15) is 0 Å². The second-order valence-corrected chi connectivity index (χ2v) is 8.15. The first-order chi connectivity index (χ1) is 14.2. The summed E-state index contributed by atoms with van der Waals surface area (Å²) in [6, 6.07) is 6.66. The molecule has 1 amide bonds. The highest BCUT2D eigenvalue weighted by Gasteiger charge is 2.38. The van der Waals surface area contributed by atoms with Crippen LogP contribution < -0.4 is 10.5 Å². The van der Waals surface area contributed by atoms with E-state index < -0.39 is 17.2 Å². The zero-order valence-corrected chi connectivity index (χ0v) is 17.0. The second kappa shape index (κ2) is 7.16. The number of hydrogen-bond acceptors (Lipinski definition) is 7. The third kappa shape index (κ3) is 3.63. The molecule has 0 fully saturated rings. The van der Waals surface area contributed by atoms with E-state index in [0.717, 1.165) is 11.3 Å². The van der Waals surface area contributed by atoms with Gasteiger partial charge in [0.25, 0.3) is 5.91 Å². The van der Waals surface area contributed by atoms with Crippen LogP contribution in [-0.2, 0) is 11.3 Å². The Hall–Kier alpha value is -3.35. The molecule has 152 valence electrons. The first-order valence-electron chi connectivity index (χ1n) is 8.98. The Balaban J connectivity index is 1.79. The zero-order chi connectivity index (χ0) is 21.5. The van der Waals surface area contributed by atoms with E-state index in [1.807, 2.05) is 0 Å². The summed E-state index contributed by atoms with van der Waals surface area (Å²) < 4.78 is 20.8. The smallest absolute Gasteiger partial charge is 0.277 e. The van der Waals surface area contributed by atoms with E-state index >= 15 is 4.39 Å². The minimum atomic E-state index is -1.83. The van der Waals surface area contributed by atoms with E-state index in [1.54, 1.807) is 24.3 Å². The fraction of sp³-hybridized carbons (Fsp3) is 0.238. The van der Waals surface area contributed by atoms with Crippen molar-refractivity contribution in [3.8, 4) is 28.8 Å². The SMILES string of the molecule is CC1(F)COc2ccc(C#C[C@@](C)(O)c3ncccn3)cc2-c2nc(C(N)=O)sc21. The van der Waals surface area contributed by atoms with Gasteiger partial charge in [0, 0.05) is 23.5 Å². The molecule has 4 rings (SSSR count). The van der Waals surface area contributed by atoms with Crippen molar-refractivity contribution in [3.05, 3.63) is 57.9 Å². The molecule has 0 saturated carbocycles. The number of carbonyl (C=O) groups excluding carboxylic acids is 1. The summed E-state index contributed by atoms with van der Waals surface area (Å²) in [5.41, 5.74) is 3.29. The number of primary amides is 1. The number of hydrogen-bond donors (Lipinski definition) is 2. The van der Waals surface area contributed by atoms with Gasteiger partial charge in [-0.1, -0.05) is 11.8 Å². The summed E-state index contributed by atoms with van der Waals surface area (Å²) in [6.45, 7) is 2.64. The number of nitrogens with zero attached hydrogens (tertiary/aromatic N) is 3. The molecule has 7 nitrogen and oxygen atoms in total. The molecule has 2 aromatic heterocycles. The number of aromatic nitrogens is 3. The van der Waals surface area contributed by atoms with Crippen molar-refractivity contribution in [1.29, 1.82) is 0 Å². The Bertz CT molecular complexity index is 1200. The van der Waals surface area contributed by atoms with E-state index in [2.05, 4.69) is 26.8 Å². The largest absolute Gasteiger partial charge is 0.489 e. The van der Waals surface area contributed by atoms with Crippen LogP contribution in [0, 0.1) is 11.8 Å². The van der Waals surface area contributed by atoms with E-state index in [9.17, 15) is 9.90 Å². The predicted octanol–water partition coefficient (Wildman–Crippen LogP) is 2.54. The average Bonchev–Trinajstić information content (AvgIpc) is 3.15. The lowest BCUT2D eigenvalue weighted by molar-refractivity contribution is 0.0999. The Morgan fingerprint density at radius 1 is 1.40 bits per heavy atom. The lowest BCUT2D eigenvalue weighted by atomic mass is 10.0. The zero-order valence-electron chi connectivity index (χ0n) is 16.1. The molecule has 0 bridgehead atoms. The number of aliphatic hydroxyl groups is 1. The van der Waals surface area contributed by atoms with Crippen LogP contribution in [0.15, 0.2) is 36.7 Å². The molecule has 0 saturated heterocycles. The van der Waals surface area contributed by atoms with E-state index in [1.165, 1.54) is 26.2 Å². The summed E-state index contributed by atoms with van der Waals surface area (Å²) >= 11 is 0.915. The number of alkyl halides is 1. The molecule has 0 aliphatic carbocycles. The molecule has 0 spiro atoms. The van der Waals surface area contributed by atoms with Crippen molar-refractivity contribution in [2.75, 3.05) is 6.61 Å². The van der Waals surface area contributed by atoms with Crippen LogP contribution >= 0.6 is 11.3 Å². The van der Waals surface area contributed by atoms with Crippen molar-refractivity contribution in [2.45, 2.75) is 25.1 Å². The monoisotopic (exact) mass is 424 g/mol. The van der Waals surface area contributed by atoms with Gasteiger partial charge in [-0.25, -0.2) is 19.3 Å². The van der Waals surface area contributed by atoms with Crippen molar-refractivity contribution in [2.24, 2.45) is 5.73 Å². The van der Waals surface area contributed by atoms with Crippen LogP contribution in [-0.4, -0.2) is 32.6 Å². The minimum absolute atomic E-state index is 0.0253. The Labute approximate surface area is 175 Å². The van der Waals surface area contributed by atoms with E-state index in [4.69, 9.17) is 10.5 Å². The van der Waals surface area contributed by atoms with Gasteiger partial charge in [0.05, 0.1) is 10.6 Å². The molecule has 1 aliphatic rings. The highest BCUT2D eigenvalue weighted by molar-refractivity contribution is 7.14. The predicted molar refractivity (Wildman–Crippen MR) is 109 cm³/mol. The first kappa shape index (κ1) is 19.9. The second-order valence-electron chi connectivity index (χ2n) is 7.15. The number of amides is 1. The van der Waals surface area contributed by atoms with Crippen LogP contribution in [0.25, 0.3) is 11.3 Å². The number of ether oxygens (including phenoxy) is 1. The maximum atomic E-state index is 15.2. The molecular weight excluding hydrogens is 407 g/mol. The molecular formula is C21H17FN4O3S. The van der Waals surface area contributed by atoms with Gasteiger partial charge in [-0.15, -0.1) is 11.3 Å². The normalized spacial score (nSPS) is 19.2. The Morgan fingerprint density at radius 3 is 2.83 bits per heavy atom. The van der Waals surface area contributed by atoms with Gasteiger partial charge in [0.1, 0.15) is 12.4 Å². The Morgan fingerprint density at radius 2 is 2.13 bits per heavy atom. The van der Waals surface area contributed by atoms with Gasteiger partial charge in [0.2, 0.25) is 0 Å². The summed E-state index contributed by atoms with van der Waals surface area (Å²) in [7, 11) is 0. The number of halogens is 1. The lowest BCUT2D eigenvalue weighted by Crippen LogP contribution is -2.22. The molecule has 1 aliphatic heterocycles. The van der Waals surface area contributed by atoms with Gasteiger partial charge >= 0.3 is 0 Å². The molecule has 30 heavy (non-hydrogen) atoms. The van der Waals surface area contributed by atoms with Crippen LogP contribution in [0.3, 0.4) is 0 Å². The fourth-order valence-corrected chi connectivity index (χ4v) is 3.91. The van der Waals surface area contributed by atoms with Crippen LogP contribution in [0.4, 0.5) is 4.39 Å². The van der Waals surface area contributed by atoms with E-state index in [-0.39, 0.29) is 22.3 Å². The molecule has 3 heterocycles. The fourth-order valence-electron chi connectivity index (χ4n) is 2.96. The topological polar surface area (TPSA) is 111 Å². The highest BCUT2D eigenvalue weighted by atomic mass is 32.1. The molecule has 3 aromatic rings. The molecule has 1 unspecified atom stereocenters. The number of thiazole rings is 1. The minimum Gasteiger partial charge on any atom is -0.489 e. The number of benzene rings is 1. The molecule has 9 heteroatoms. The molecule has 3 N–H and O–H groups in total. The van der Waals surface area contributed by atoms with Gasteiger partial charge in [-0.05, 0) is 38.1 Å². The van der Waals surface area contributed by atoms with Crippen LogP contribution in [0.2, 0.25) is 0 Å². The van der Waals surface area contributed by atoms with Gasteiger partial charge in [-0.3, -0.25) is 4.79 Å². The number of fused-ring (bicyclic) bond motifs is 3. The van der Waals surface area contributed by atoms with Gasteiger partial charge in [0.15, 0.2) is 22.1 Å². The molecule has 0 radical (unpaired) electrons. The maximum Gasteiger partial charge on any atom is 0.277 e. The lowest BCUT2D eigenvalue weighted by Gasteiger charge is -2.16. The molecule has 1 aromatic carbocycles. The molecule has 2 atom stereocenters. The van der Waals surface area contributed by atoms with Gasteiger partial charge < -0.3 is 15.6 Å². The van der Waals surface area contributed by atoms with Crippen molar-refractivity contribution in [1.82, 2.24) is 15.0 Å². The first-order valence-corrected chi connectivity index (χ1v) is 9.79. The summed E-state index contributed by atoms with van der Waals surface area (Å²) in [6.07, 6.45) is 3.04. The average molecular weight is 424 g/mol. The number of nitrogens with two attached hydrogens (primary N) is 1. The quantitative estimate of drug-likeness (QED) is 0.612. The Kier molecular flexibility index (Phi) is 4.76. The standard InChI is InChI=1S/C21H17FN4O3S/c1-20(22)11-29-14-5-4-12(6-7-21(2,28)19-24-8-3-9-25-19)10-13(14)15-16(20)30-18(26-15)17(23)27/h3-5,8-10,28H,11H2,1-2H3,(H2,23,27)/t20?,21-/m1/s1. The van der Waals surface area contributed by atoms with Crippen LogP contribution in [0.1, 0.15) is 39.9 Å². The van der Waals surface area contributed by atoms with Crippen molar-refractivity contribution >= 4 is 17.2 Å². The van der Waals surface area contributed by atoms with Crippen molar-refractivity contribution < 1.29 is 19.0 Å². The highest BCUT2D eigenvalue weighted by Crippen LogP contribution is 2.45. The van der Waals surface area contributed by atoms with Crippen LogP contribution in [0.5, 0.6) is 5.75 Å². The summed E-state index contributed by atoms with van der Waals surface area (Å²) in [5, 5.41) is 10.6. The third-order valence-corrected chi connectivity index (χ3v) is 5.81. The summed E-state index contributed by atoms with van der Waals surface area (Å²) in [5.74, 6) is 5.52. The van der Waals surface area contributed by atoms with E-state index in [0.29, 0.717) is 22.6 Å². The maximum absolute atomic E-state index is 15.2. The number of carbonyl (C=O) groups is 1.